The Hall–Kier alpha value is -1.68. The summed E-state index contributed by atoms with van der Waals surface area (Å²) >= 11 is 0. The zero-order chi connectivity index (χ0) is 13.0. The molecule has 98 valence electrons. The first-order valence-electron chi connectivity index (χ1n) is 6.95. The Balaban J connectivity index is 1.71. The molecule has 1 aromatic rings. The van der Waals surface area contributed by atoms with Crippen molar-refractivity contribution < 1.29 is 9.59 Å². The number of benzene rings is 1. The highest BCUT2D eigenvalue weighted by atomic mass is 16.2. The number of imide groups is 1. The molecule has 2 bridgehead atoms. The number of carbonyl (C=O) groups is 2. The molecule has 4 nitrogen and oxygen atoms in total. The summed E-state index contributed by atoms with van der Waals surface area (Å²) in [7, 11) is 0. The summed E-state index contributed by atoms with van der Waals surface area (Å²) in [6.45, 7) is 3.09. The average molecular weight is 256 g/mol. The predicted molar refractivity (Wildman–Crippen MR) is 69.9 cm³/mol. The topological polar surface area (TPSA) is 40.6 Å². The van der Waals surface area contributed by atoms with E-state index in [1.807, 2.05) is 12.1 Å². The van der Waals surface area contributed by atoms with Crippen LogP contribution < -0.4 is 0 Å². The summed E-state index contributed by atoms with van der Waals surface area (Å²) in [5, 5.41) is 0. The van der Waals surface area contributed by atoms with E-state index in [9.17, 15) is 9.59 Å². The molecular weight excluding hydrogens is 240 g/mol. The highest BCUT2D eigenvalue weighted by Crippen LogP contribution is 2.35. The van der Waals surface area contributed by atoms with E-state index in [1.165, 1.54) is 4.90 Å². The lowest BCUT2D eigenvalue weighted by molar-refractivity contribution is 0.0120. The summed E-state index contributed by atoms with van der Waals surface area (Å²) in [6.07, 6.45) is 2.22. The van der Waals surface area contributed by atoms with Crippen molar-refractivity contribution in [1.82, 2.24) is 9.80 Å². The molecule has 0 N–H and O–H groups in total. The molecular formula is C15H16N2O2. The number of nitrogens with zero attached hydrogens (tertiary/aromatic N) is 2. The van der Waals surface area contributed by atoms with Crippen LogP contribution in [0.2, 0.25) is 0 Å². The third-order valence-electron chi connectivity index (χ3n) is 4.78. The van der Waals surface area contributed by atoms with Crippen LogP contribution in [0.4, 0.5) is 0 Å². The molecule has 4 heterocycles. The molecule has 3 saturated heterocycles. The number of hydrogen-bond acceptors (Lipinski definition) is 3. The lowest BCUT2D eigenvalue weighted by Crippen LogP contribution is -2.58. The van der Waals surface area contributed by atoms with Gasteiger partial charge in [-0.2, -0.15) is 0 Å². The lowest BCUT2D eigenvalue weighted by Gasteiger charge is -2.47. The van der Waals surface area contributed by atoms with Crippen LogP contribution in [0.25, 0.3) is 0 Å². The minimum atomic E-state index is -0.0978. The van der Waals surface area contributed by atoms with Crippen LogP contribution in [0.1, 0.15) is 33.6 Å². The van der Waals surface area contributed by atoms with Crippen LogP contribution in [0.3, 0.4) is 0 Å². The molecule has 4 aliphatic rings. The Labute approximate surface area is 112 Å². The van der Waals surface area contributed by atoms with Crippen molar-refractivity contribution in [3.05, 3.63) is 35.4 Å². The van der Waals surface area contributed by atoms with Crippen LogP contribution in [-0.2, 0) is 0 Å². The number of rotatable bonds is 1. The molecule has 2 amide bonds. The minimum absolute atomic E-state index is 0.0786. The molecule has 19 heavy (non-hydrogen) atoms. The second-order valence-electron chi connectivity index (χ2n) is 5.73. The zero-order valence-electron chi connectivity index (χ0n) is 10.7. The molecule has 0 saturated carbocycles. The van der Waals surface area contributed by atoms with Gasteiger partial charge in [-0.05, 0) is 44.0 Å². The van der Waals surface area contributed by atoms with Gasteiger partial charge in [0.1, 0.15) is 0 Å². The first-order valence-corrected chi connectivity index (χ1v) is 6.95. The number of hydrogen-bond donors (Lipinski definition) is 0. The highest BCUT2D eigenvalue weighted by molar-refractivity contribution is 6.21. The van der Waals surface area contributed by atoms with Gasteiger partial charge in [0.2, 0.25) is 0 Å². The summed E-state index contributed by atoms with van der Waals surface area (Å²) in [4.78, 5) is 28.8. The van der Waals surface area contributed by atoms with Gasteiger partial charge in [-0.1, -0.05) is 12.1 Å². The Morgan fingerprint density at radius 2 is 1.53 bits per heavy atom. The number of amides is 2. The first-order chi connectivity index (χ1) is 9.25. The Morgan fingerprint density at radius 3 is 2.00 bits per heavy atom. The van der Waals surface area contributed by atoms with Crippen LogP contribution in [0.15, 0.2) is 24.3 Å². The van der Waals surface area contributed by atoms with Crippen molar-refractivity contribution in [2.75, 3.05) is 19.6 Å². The quantitative estimate of drug-likeness (QED) is 0.713. The smallest absolute Gasteiger partial charge is 0.261 e. The molecule has 3 fully saturated rings. The summed E-state index contributed by atoms with van der Waals surface area (Å²) in [5.41, 5.74) is 1.15. The van der Waals surface area contributed by atoms with Crippen molar-refractivity contribution in [1.29, 1.82) is 0 Å². The van der Waals surface area contributed by atoms with Crippen molar-refractivity contribution in [3.63, 3.8) is 0 Å². The summed E-state index contributed by atoms with van der Waals surface area (Å²) < 4.78 is 0. The van der Waals surface area contributed by atoms with E-state index in [1.54, 1.807) is 12.1 Å². The maximum absolute atomic E-state index is 12.5. The van der Waals surface area contributed by atoms with E-state index in [0.717, 1.165) is 32.5 Å². The SMILES string of the molecule is O=C1c2ccccc2C(=O)N1[C@H]1CN2CCC1CC2. The van der Waals surface area contributed by atoms with Crippen LogP contribution in [0.5, 0.6) is 0 Å². The normalized spacial score (nSPS) is 32.8. The van der Waals surface area contributed by atoms with Gasteiger partial charge in [0.25, 0.3) is 11.8 Å². The Morgan fingerprint density at radius 1 is 0.947 bits per heavy atom. The maximum Gasteiger partial charge on any atom is 0.261 e. The number of fused-ring (bicyclic) bond motifs is 4. The van der Waals surface area contributed by atoms with Gasteiger partial charge < -0.3 is 4.90 Å². The average Bonchev–Trinajstić information content (AvgIpc) is 2.73. The monoisotopic (exact) mass is 256 g/mol. The van der Waals surface area contributed by atoms with Crippen LogP contribution in [0, 0.1) is 5.92 Å². The van der Waals surface area contributed by atoms with Gasteiger partial charge in [-0.3, -0.25) is 14.5 Å². The first kappa shape index (κ1) is 11.2. The van der Waals surface area contributed by atoms with Crippen molar-refractivity contribution >= 4 is 11.8 Å². The van der Waals surface area contributed by atoms with E-state index < -0.39 is 0 Å². The maximum atomic E-state index is 12.5. The fourth-order valence-electron chi connectivity index (χ4n) is 3.74. The van der Waals surface area contributed by atoms with Crippen molar-refractivity contribution in [2.45, 2.75) is 18.9 Å². The van der Waals surface area contributed by atoms with E-state index in [2.05, 4.69) is 4.90 Å². The molecule has 4 heteroatoms. The van der Waals surface area contributed by atoms with E-state index >= 15 is 0 Å². The molecule has 0 radical (unpaired) electrons. The predicted octanol–water partition coefficient (Wildman–Crippen LogP) is 1.38. The van der Waals surface area contributed by atoms with Gasteiger partial charge in [0.15, 0.2) is 0 Å². The minimum Gasteiger partial charge on any atom is -0.301 e. The molecule has 4 aliphatic heterocycles. The summed E-state index contributed by atoms with van der Waals surface area (Å²) in [5.74, 6) is 0.297. The standard InChI is InChI=1S/C15H16N2O2/c18-14-11-3-1-2-4-12(11)15(19)17(14)13-9-16-7-5-10(13)6-8-16/h1-4,10,13H,5-9H2/t13-/m0/s1. The van der Waals surface area contributed by atoms with E-state index in [0.29, 0.717) is 17.0 Å². The van der Waals surface area contributed by atoms with Gasteiger partial charge >= 0.3 is 0 Å². The zero-order valence-corrected chi connectivity index (χ0v) is 10.7. The largest absolute Gasteiger partial charge is 0.301 e. The molecule has 1 atom stereocenters. The number of piperidine rings is 3. The van der Waals surface area contributed by atoms with E-state index in [-0.39, 0.29) is 17.9 Å². The second-order valence-corrected chi connectivity index (χ2v) is 5.73. The molecule has 1 aromatic carbocycles. The molecule has 0 aromatic heterocycles. The second kappa shape index (κ2) is 3.90. The lowest BCUT2D eigenvalue weighted by atomic mass is 9.83. The fourth-order valence-corrected chi connectivity index (χ4v) is 3.74. The Kier molecular flexibility index (Phi) is 2.30. The van der Waals surface area contributed by atoms with Crippen LogP contribution in [-0.4, -0.2) is 47.3 Å². The van der Waals surface area contributed by atoms with Gasteiger partial charge in [-0.25, -0.2) is 0 Å². The third kappa shape index (κ3) is 1.49. The van der Waals surface area contributed by atoms with Crippen molar-refractivity contribution in [2.24, 2.45) is 5.92 Å². The molecule has 5 rings (SSSR count). The van der Waals surface area contributed by atoms with Gasteiger partial charge in [0, 0.05) is 6.54 Å². The van der Waals surface area contributed by atoms with Gasteiger partial charge in [0.05, 0.1) is 17.2 Å². The van der Waals surface area contributed by atoms with Crippen LogP contribution >= 0.6 is 0 Å². The highest BCUT2D eigenvalue weighted by Gasteiger charge is 2.46. The van der Waals surface area contributed by atoms with Gasteiger partial charge in [-0.15, -0.1) is 0 Å². The third-order valence-corrected chi connectivity index (χ3v) is 4.78. The number of carbonyl (C=O) groups excluding carboxylic acids is 2. The molecule has 0 unspecified atom stereocenters. The Bertz CT molecular complexity index is 526. The van der Waals surface area contributed by atoms with Crippen molar-refractivity contribution in [3.8, 4) is 0 Å². The fraction of sp³-hybridized carbons (Fsp3) is 0.467. The molecule has 0 aliphatic carbocycles. The summed E-state index contributed by atoms with van der Waals surface area (Å²) in [6, 6.07) is 7.25. The molecule has 0 spiro atoms. The van der Waals surface area contributed by atoms with E-state index in [4.69, 9.17) is 0 Å².